The Bertz CT molecular complexity index is 832. The average Bonchev–Trinajstić information content (AvgIpc) is 2.97. The standard InChI is InChI=1S/C19H20N2OS2/c1-13-7-8-15-16(11-13)24-19-17(15)18(20-12-21-19)23-10-9-22-14-5-3-2-4-6-14/h2-6,12-13H,7-11H2,1H3/t13-/m0/s1. The van der Waals surface area contributed by atoms with E-state index in [2.05, 4.69) is 16.9 Å². The topological polar surface area (TPSA) is 35.0 Å². The summed E-state index contributed by atoms with van der Waals surface area (Å²) in [6.07, 6.45) is 5.33. The Hall–Kier alpha value is -1.59. The molecule has 0 fully saturated rings. The molecule has 124 valence electrons. The molecule has 2 heterocycles. The maximum atomic E-state index is 5.79. The van der Waals surface area contributed by atoms with Crippen LogP contribution in [0.3, 0.4) is 0 Å². The second-order valence-corrected chi connectivity index (χ2v) is 8.39. The van der Waals surface area contributed by atoms with Crippen LogP contribution >= 0.6 is 23.1 Å². The second kappa shape index (κ2) is 7.11. The number of nitrogens with zero attached hydrogens (tertiary/aromatic N) is 2. The zero-order chi connectivity index (χ0) is 16.4. The van der Waals surface area contributed by atoms with E-state index in [4.69, 9.17) is 4.74 Å². The molecule has 1 aliphatic carbocycles. The maximum Gasteiger partial charge on any atom is 0.128 e. The molecule has 0 amide bonds. The third kappa shape index (κ3) is 3.28. The number of thiophene rings is 1. The average molecular weight is 357 g/mol. The summed E-state index contributed by atoms with van der Waals surface area (Å²) in [5.74, 6) is 2.60. The number of fused-ring (bicyclic) bond motifs is 3. The van der Waals surface area contributed by atoms with Crippen molar-refractivity contribution in [2.45, 2.75) is 31.2 Å². The van der Waals surface area contributed by atoms with Crippen LogP contribution in [0.4, 0.5) is 0 Å². The monoisotopic (exact) mass is 356 g/mol. The molecule has 0 spiro atoms. The van der Waals surface area contributed by atoms with Gasteiger partial charge in [0.1, 0.15) is 21.9 Å². The summed E-state index contributed by atoms with van der Waals surface area (Å²) in [6, 6.07) is 9.97. The van der Waals surface area contributed by atoms with Gasteiger partial charge in [-0.2, -0.15) is 0 Å². The highest BCUT2D eigenvalue weighted by molar-refractivity contribution is 7.99. The molecule has 0 bridgehead atoms. The SMILES string of the molecule is C[C@H]1CCc2c(sc3ncnc(SCCOc4ccccc4)c23)C1. The van der Waals surface area contributed by atoms with Gasteiger partial charge in [0.05, 0.1) is 6.61 Å². The van der Waals surface area contributed by atoms with Gasteiger partial charge in [0, 0.05) is 16.0 Å². The Labute approximate surface area is 150 Å². The number of ether oxygens (including phenoxy) is 1. The van der Waals surface area contributed by atoms with E-state index >= 15 is 0 Å². The van der Waals surface area contributed by atoms with Crippen LogP contribution in [0, 0.1) is 5.92 Å². The van der Waals surface area contributed by atoms with Crippen LogP contribution < -0.4 is 4.74 Å². The lowest BCUT2D eigenvalue weighted by atomic mass is 9.89. The van der Waals surface area contributed by atoms with Crippen molar-refractivity contribution in [1.82, 2.24) is 9.97 Å². The maximum absolute atomic E-state index is 5.79. The quantitative estimate of drug-likeness (QED) is 0.367. The van der Waals surface area contributed by atoms with Crippen LogP contribution in [0.25, 0.3) is 10.2 Å². The predicted molar refractivity (Wildman–Crippen MR) is 101 cm³/mol. The predicted octanol–water partition coefficient (Wildman–Crippen LogP) is 4.99. The Kier molecular flexibility index (Phi) is 4.72. The molecule has 5 heteroatoms. The van der Waals surface area contributed by atoms with Crippen molar-refractivity contribution in [1.29, 1.82) is 0 Å². The van der Waals surface area contributed by atoms with Crippen LogP contribution in [0.5, 0.6) is 5.75 Å². The normalized spacial score (nSPS) is 17.0. The third-order valence-electron chi connectivity index (χ3n) is 4.39. The van der Waals surface area contributed by atoms with Crippen molar-refractivity contribution in [3.05, 3.63) is 47.1 Å². The van der Waals surface area contributed by atoms with Crippen LogP contribution in [0.2, 0.25) is 0 Å². The lowest BCUT2D eigenvalue weighted by Gasteiger charge is -2.18. The van der Waals surface area contributed by atoms with Gasteiger partial charge >= 0.3 is 0 Å². The molecule has 0 saturated heterocycles. The van der Waals surface area contributed by atoms with Gasteiger partial charge in [-0.15, -0.1) is 23.1 Å². The van der Waals surface area contributed by atoms with Gasteiger partial charge in [0.2, 0.25) is 0 Å². The summed E-state index contributed by atoms with van der Waals surface area (Å²) in [5.41, 5.74) is 1.50. The lowest BCUT2D eigenvalue weighted by molar-refractivity contribution is 0.344. The molecule has 1 atom stereocenters. The minimum atomic E-state index is 0.684. The zero-order valence-corrected chi connectivity index (χ0v) is 15.3. The van der Waals surface area contributed by atoms with Gasteiger partial charge in [-0.25, -0.2) is 9.97 Å². The van der Waals surface area contributed by atoms with Gasteiger partial charge in [0.25, 0.3) is 0 Å². The van der Waals surface area contributed by atoms with Crippen LogP contribution in [0.1, 0.15) is 23.8 Å². The van der Waals surface area contributed by atoms with Crippen molar-refractivity contribution in [3.8, 4) is 5.75 Å². The number of benzene rings is 1. The van der Waals surface area contributed by atoms with Crippen LogP contribution in [-0.2, 0) is 12.8 Å². The molecule has 0 saturated carbocycles. The first kappa shape index (κ1) is 15.9. The van der Waals surface area contributed by atoms with Crippen LogP contribution in [0.15, 0.2) is 41.7 Å². The largest absolute Gasteiger partial charge is 0.493 e. The van der Waals surface area contributed by atoms with E-state index in [1.54, 1.807) is 18.1 Å². The number of hydrogen-bond acceptors (Lipinski definition) is 5. The fourth-order valence-corrected chi connectivity index (χ4v) is 5.43. The van der Waals surface area contributed by atoms with E-state index in [0.717, 1.165) is 33.7 Å². The first-order chi connectivity index (χ1) is 11.8. The van der Waals surface area contributed by atoms with E-state index in [9.17, 15) is 0 Å². The molecule has 1 aliphatic rings. The highest BCUT2D eigenvalue weighted by atomic mass is 32.2. The molecule has 0 radical (unpaired) electrons. The Morgan fingerprint density at radius 1 is 1.25 bits per heavy atom. The Morgan fingerprint density at radius 2 is 2.12 bits per heavy atom. The van der Waals surface area contributed by atoms with E-state index in [-0.39, 0.29) is 0 Å². The number of aromatic nitrogens is 2. The molecular formula is C19H20N2OS2. The summed E-state index contributed by atoms with van der Waals surface area (Å²) in [4.78, 5) is 11.7. The van der Waals surface area contributed by atoms with Crippen molar-refractivity contribution >= 4 is 33.3 Å². The minimum Gasteiger partial charge on any atom is -0.493 e. The smallest absolute Gasteiger partial charge is 0.128 e. The first-order valence-electron chi connectivity index (χ1n) is 8.37. The number of rotatable bonds is 5. The van der Waals surface area contributed by atoms with Gasteiger partial charge in [-0.1, -0.05) is 25.1 Å². The molecule has 3 aromatic rings. The molecule has 2 aromatic heterocycles. The van der Waals surface area contributed by atoms with Crippen molar-refractivity contribution < 1.29 is 4.74 Å². The minimum absolute atomic E-state index is 0.684. The summed E-state index contributed by atoms with van der Waals surface area (Å²) < 4.78 is 5.79. The number of hydrogen-bond donors (Lipinski definition) is 0. The molecule has 0 N–H and O–H groups in total. The van der Waals surface area contributed by atoms with Gasteiger partial charge in [0.15, 0.2) is 0 Å². The van der Waals surface area contributed by atoms with Gasteiger partial charge in [-0.05, 0) is 42.9 Å². The summed E-state index contributed by atoms with van der Waals surface area (Å²) in [6.45, 7) is 3.03. The Morgan fingerprint density at radius 3 is 3.00 bits per heavy atom. The van der Waals surface area contributed by atoms with E-state index < -0.39 is 0 Å². The molecule has 3 nitrogen and oxygen atoms in total. The molecular weight excluding hydrogens is 336 g/mol. The summed E-state index contributed by atoms with van der Waals surface area (Å²) in [5, 5.41) is 2.41. The second-order valence-electron chi connectivity index (χ2n) is 6.22. The lowest BCUT2D eigenvalue weighted by Crippen LogP contribution is -2.08. The van der Waals surface area contributed by atoms with Gasteiger partial charge < -0.3 is 4.74 Å². The zero-order valence-electron chi connectivity index (χ0n) is 13.7. The summed E-state index contributed by atoms with van der Waals surface area (Å²) in [7, 11) is 0. The fraction of sp³-hybridized carbons (Fsp3) is 0.368. The van der Waals surface area contributed by atoms with E-state index in [1.165, 1.54) is 28.7 Å². The highest BCUT2D eigenvalue weighted by Gasteiger charge is 2.23. The summed E-state index contributed by atoms with van der Waals surface area (Å²) >= 11 is 3.64. The van der Waals surface area contributed by atoms with Crippen molar-refractivity contribution in [2.75, 3.05) is 12.4 Å². The highest BCUT2D eigenvalue weighted by Crippen LogP contribution is 2.40. The van der Waals surface area contributed by atoms with Crippen molar-refractivity contribution in [2.24, 2.45) is 5.92 Å². The molecule has 4 rings (SSSR count). The van der Waals surface area contributed by atoms with Gasteiger partial charge in [-0.3, -0.25) is 0 Å². The van der Waals surface area contributed by atoms with Crippen LogP contribution in [-0.4, -0.2) is 22.3 Å². The fourth-order valence-electron chi connectivity index (χ4n) is 3.17. The van der Waals surface area contributed by atoms with E-state index in [1.807, 2.05) is 41.7 Å². The third-order valence-corrected chi connectivity index (χ3v) is 6.51. The number of aryl methyl sites for hydroxylation is 1. The van der Waals surface area contributed by atoms with Crippen molar-refractivity contribution in [3.63, 3.8) is 0 Å². The molecule has 0 unspecified atom stereocenters. The van der Waals surface area contributed by atoms with E-state index in [0.29, 0.717) is 6.61 Å². The molecule has 1 aromatic carbocycles. The number of para-hydroxylation sites is 1. The molecule has 0 aliphatic heterocycles. The molecule has 24 heavy (non-hydrogen) atoms. The Balaban J connectivity index is 1.48. The number of thioether (sulfide) groups is 1. The first-order valence-corrected chi connectivity index (χ1v) is 10.2.